The molecule has 0 aromatic carbocycles. The highest BCUT2D eigenvalue weighted by atomic mass is 16.7. The summed E-state index contributed by atoms with van der Waals surface area (Å²) in [5.74, 6) is 0. The van der Waals surface area contributed by atoms with Gasteiger partial charge in [0.1, 0.15) is 0 Å². The molecule has 1 atom stereocenters. The topological polar surface area (TPSA) is 18.5 Å². The molecule has 2 rings (SSSR count). The van der Waals surface area contributed by atoms with Gasteiger partial charge < -0.3 is 9.47 Å². The minimum Gasteiger partial charge on any atom is -0.353 e. The first-order valence-corrected chi connectivity index (χ1v) is 8.72. The van der Waals surface area contributed by atoms with Gasteiger partial charge in [0.15, 0.2) is 6.29 Å². The zero-order valence-corrected chi connectivity index (χ0v) is 12.6. The van der Waals surface area contributed by atoms with Crippen molar-refractivity contribution in [1.82, 2.24) is 0 Å². The van der Waals surface area contributed by atoms with Gasteiger partial charge in [0.2, 0.25) is 0 Å². The molecule has 0 bridgehead atoms. The third kappa shape index (κ3) is 6.76. The summed E-state index contributed by atoms with van der Waals surface area (Å²) < 4.78 is 11.9. The Morgan fingerprint density at radius 2 is 1.11 bits per heavy atom. The maximum Gasteiger partial charge on any atom is 0.157 e. The summed E-state index contributed by atoms with van der Waals surface area (Å²) in [6, 6.07) is 0. The maximum absolute atomic E-state index is 6.21. The van der Waals surface area contributed by atoms with Gasteiger partial charge in [-0.25, -0.2) is 0 Å². The number of hydrogen-bond acceptors (Lipinski definition) is 2. The highest BCUT2D eigenvalue weighted by Gasteiger charge is 2.19. The zero-order valence-electron chi connectivity index (χ0n) is 12.6. The SMILES string of the molecule is C1CCCCCC(OC2CCCCO2)CCCCC1. The third-order valence-electron chi connectivity index (χ3n) is 4.53. The number of rotatable bonds is 2. The monoisotopic (exact) mass is 268 g/mol. The van der Waals surface area contributed by atoms with Crippen LogP contribution < -0.4 is 0 Å². The second-order valence-electron chi connectivity index (χ2n) is 6.31. The normalized spacial score (nSPS) is 29.4. The maximum atomic E-state index is 6.21. The van der Waals surface area contributed by atoms with Crippen LogP contribution >= 0.6 is 0 Å². The van der Waals surface area contributed by atoms with Crippen LogP contribution in [0.2, 0.25) is 0 Å². The lowest BCUT2D eigenvalue weighted by molar-refractivity contribution is -0.190. The minimum absolute atomic E-state index is 0.103. The van der Waals surface area contributed by atoms with Crippen LogP contribution in [-0.4, -0.2) is 19.0 Å². The molecule has 0 spiro atoms. The Morgan fingerprint density at radius 1 is 0.579 bits per heavy atom. The molecular formula is C17H32O2. The van der Waals surface area contributed by atoms with Gasteiger partial charge in [-0.05, 0) is 32.1 Å². The van der Waals surface area contributed by atoms with Crippen LogP contribution in [0.3, 0.4) is 0 Å². The van der Waals surface area contributed by atoms with Crippen molar-refractivity contribution in [3.05, 3.63) is 0 Å². The Bertz CT molecular complexity index is 199. The second-order valence-corrected chi connectivity index (χ2v) is 6.31. The number of hydrogen-bond donors (Lipinski definition) is 0. The Morgan fingerprint density at radius 3 is 1.63 bits per heavy atom. The van der Waals surface area contributed by atoms with E-state index in [-0.39, 0.29) is 6.29 Å². The predicted octanol–water partition coefficient (Wildman–Crippen LogP) is 5.20. The minimum atomic E-state index is 0.103. The van der Waals surface area contributed by atoms with Gasteiger partial charge in [0, 0.05) is 6.61 Å². The quantitative estimate of drug-likeness (QED) is 0.685. The largest absolute Gasteiger partial charge is 0.353 e. The molecule has 2 nitrogen and oxygen atoms in total. The Balaban J connectivity index is 1.70. The highest BCUT2D eigenvalue weighted by molar-refractivity contribution is 4.64. The fourth-order valence-corrected chi connectivity index (χ4v) is 3.30. The highest BCUT2D eigenvalue weighted by Crippen LogP contribution is 2.22. The summed E-state index contributed by atoms with van der Waals surface area (Å²) in [7, 11) is 0. The van der Waals surface area contributed by atoms with Crippen LogP contribution in [0.15, 0.2) is 0 Å². The van der Waals surface area contributed by atoms with Crippen molar-refractivity contribution in [2.45, 2.75) is 102 Å². The molecule has 2 aliphatic rings. The average Bonchev–Trinajstić information content (AvgIpc) is 2.43. The molecule has 19 heavy (non-hydrogen) atoms. The van der Waals surface area contributed by atoms with E-state index >= 15 is 0 Å². The van der Waals surface area contributed by atoms with E-state index in [1.807, 2.05) is 0 Å². The molecule has 1 saturated carbocycles. The molecule has 1 aliphatic carbocycles. The van der Waals surface area contributed by atoms with Crippen molar-refractivity contribution < 1.29 is 9.47 Å². The number of ether oxygens (including phenoxy) is 2. The molecule has 1 unspecified atom stereocenters. The van der Waals surface area contributed by atoms with E-state index in [0.717, 1.165) is 13.0 Å². The van der Waals surface area contributed by atoms with E-state index in [1.165, 1.54) is 83.5 Å². The summed E-state index contributed by atoms with van der Waals surface area (Å²) in [6.07, 6.45) is 19.3. The van der Waals surface area contributed by atoms with Crippen LogP contribution in [-0.2, 0) is 9.47 Å². The van der Waals surface area contributed by atoms with Gasteiger partial charge in [-0.15, -0.1) is 0 Å². The first kappa shape index (κ1) is 15.3. The first-order chi connectivity index (χ1) is 9.45. The van der Waals surface area contributed by atoms with Crippen LogP contribution in [0, 0.1) is 0 Å². The van der Waals surface area contributed by atoms with Crippen molar-refractivity contribution in [3.63, 3.8) is 0 Å². The molecule has 0 aromatic heterocycles. The summed E-state index contributed by atoms with van der Waals surface area (Å²) in [5.41, 5.74) is 0. The molecule has 1 saturated heterocycles. The van der Waals surface area contributed by atoms with Gasteiger partial charge in [-0.2, -0.15) is 0 Å². The van der Waals surface area contributed by atoms with Gasteiger partial charge in [0.25, 0.3) is 0 Å². The van der Waals surface area contributed by atoms with Crippen LogP contribution in [0.5, 0.6) is 0 Å². The molecule has 1 aliphatic heterocycles. The first-order valence-electron chi connectivity index (χ1n) is 8.72. The summed E-state index contributed by atoms with van der Waals surface area (Å²) in [4.78, 5) is 0. The van der Waals surface area contributed by atoms with E-state index in [1.54, 1.807) is 0 Å². The Labute approximate surface area is 119 Å². The van der Waals surface area contributed by atoms with Crippen molar-refractivity contribution in [1.29, 1.82) is 0 Å². The summed E-state index contributed by atoms with van der Waals surface area (Å²) in [6.45, 7) is 0.900. The fraction of sp³-hybridized carbons (Fsp3) is 1.00. The standard InChI is InChI=1S/C17H32O2/c1-2-4-6-8-12-16(13-9-7-5-3-1)19-17-14-10-11-15-18-17/h16-17H,1-15H2. The summed E-state index contributed by atoms with van der Waals surface area (Å²) in [5, 5.41) is 0. The van der Waals surface area contributed by atoms with E-state index in [0.29, 0.717) is 6.10 Å². The van der Waals surface area contributed by atoms with Gasteiger partial charge in [-0.1, -0.05) is 57.8 Å². The van der Waals surface area contributed by atoms with Crippen LogP contribution in [0.1, 0.15) is 89.9 Å². The molecule has 112 valence electrons. The van der Waals surface area contributed by atoms with Gasteiger partial charge >= 0.3 is 0 Å². The van der Waals surface area contributed by atoms with Gasteiger partial charge in [-0.3, -0.25) is 0 Å². The molecule has 0 amide bonds. The van der Waals surface area contributed by atoms with E-state index in [2.05, 4.69) is 0 Å². The molecule has 1 heterocycles. The third-order valence-corrected chi connectivity index (χ3v) is 4.53. The van der Waals surface area contributed by atoms with Gasteiger partial charge in [0.05, 0.1) is 6.10 Å². The lowest BCUT2D eigenvalue weighted by Gasteiger charge is -2.28. The molecule has 2 heteroatoms. The molecule has 0 radical (unpaired) electrons. The Hall–Kier alpha value is -0.0800. The molecule has 0 N–H and O–H groups in total. The fourth-order valence-electron chi connectivity index (χ4n) is 3.30. The lowest BCUT2D eigenvalue weighted by atomic mass is 9.99. The van der Waals surface area contributed by atoms with Crippen molar-refractivity contribution >= 4 is 0 Å². The smallest absolute Gasteiger partial charge is 0.157 e. The summed E-state index contributed by atoms with van der Waals surface area (Å²) >= 11 is 0. The lowest BCUT2D eigenvalue weighted by Crippen LogP contribution is -2.28. The van der Waals surface area contributed by atoms with E-state index in [9.17, 15) is 0 Å². The zero-order chi connectivity index (χ0) is 13.2. The van der Waals surface area contributed by atoms with Crippen molar-refractivity contribution in [2.24, 2.45) is 0 Å². The van der Waals surface area contributed by atoms with Crippen LogP contribution in [0.4, 0.5) is 0 Å². The van der Waals surface area contributed by atoms with Crippen LogP contribution in [0.25, 0.3) is 0 Å². The molecule has 0 aromatic rings. The van der Waals surface area contributed by atoms with E-state index < -0.39 is 0 Å². The average molecular weight is 268 g/mol. The predicted molar refractivity (Wildman–Crippen MR) is 79.3 cm³/mol. The molecule has 2 fully saturated rings. The molecular weight excluding hydrogens is 236 g/mol. The van der Waals surface area contributed by atoms with Crippen molar-refractivity contribution in [3.8, 4) is 0 Å². The van der Waals surface area contributed by atoms with Crippen molar-refractivity contribution in [2.75, 3.05) is 6.61 Å². The van der Waals surface area contributed by atoms with E-state index in [4.69, 9.17) is 9.47 Å². The second kappa shape index (κ2) is 9.77. The Kier molecular flexibility index (Phi) is 7.87.